The summed E-state index contributed by atoms with van der Waals surface area (Å²) in [5.41, 5.74) is 0.859. The summed E-state index contributed by atoms with van der Waals surface area (Å²) in [6.45, 7) is 0.243. The van der Waals surface area contributed by atoms with Crippen LogP contribution in [0.25, 0.3) is 0 Å². The number of fused-ring (bicyclic) bond motifs is 1. The van der Waals surface area contributed by atoms with Crippen LogP contribution in [-0.2, 0) is 19.0 Å². The first-order chi connectivity index (χ1) is 8.25. The fraction of sp³-hybridized carbons (Fsp3) is 0.417. The molecule has 0 radical (unpaired) electrons. The molecule has 1 aromatic rings. The molecule has 2 heterocycles. The lowest BCUT2D eigenvalue weighted by Gasteiger charge is -2.31. The van der Waals surface area contributed by atoms with Crippen LogP contribution in [0.5, 0.6) is 0 Å². The Morgan fingerprint density at radius 2 is 2.00 bits per heavy atom. The van der Waals surface area contributed by atoms with Gasteiger partial charge in [0.1, 0.15) is 6.10 Å². The second-order valence-electron chi connectivity index (χ2n) is 4.10. The van der Waals surface area contributed by atoms with Gasteiger partial charge in [-0.15, -0.1) is 0 Å². The smallest absolute Gasteiger partial charge is 0.338 e. The van der Waals surface area contributed by atoms with Crippen LogP contribution >= 0.6 is 0 Å². The van der Waals surface area contributed by atoms with Crippen molar-refractivity contribution in [3.63, 3.8) is 0 Å². The van der Waals surface area contributed by atoms with Crippen molar-refractivity contribution in [2.75, 3.05) is 6.61 Å². The third kappa shape index (κ3) is 1.82. The van der Waals surface area contributed by atoms with Crippen LogP contribution in [0, 0.1) is 0 Å². The molecule has 0 bridgehead atoms. The molecule has 3 rings (SSSR count). The Hall–Kier alpha value is -1.43. The first kappa shape index (κ1) is 10.7. The van der Waals surface area contributed by atoms with Crippen LogP contribution in [0.4, 0.5) is 0 Å². The van der Waals surface area contributed by atoms with E-state index in [1.807, 2.05) is 30.3 Å². The van der Waals surface area contributed by atoms with Crippen LogP contribution in [0.15, 0.2) is 30.3 Å². The van der Waals surface area contributed by atoms with E-state index < -0.39 is 30.6 Å². The van der Waals surface area contributed by atoms with Gasteiger partial charge in [0.05, 0.1) is 6.61 Å². The van der Waals surface area contributed by atoms with Gasteiger partial charge in [0.25, 0.3) is 0 Å². The van der Waals surface area contributed by atoms with E-state index in [-0.39, 0.29) is 6.61 Å². The molecule has 0 aromatic heterocycles. The number of ether oxygens (including phenoxy) is 3. The number of benzene rings is 1. The average molecular weight is 236 g/mol. The minimum absolute atomic E-state index is 0.243. The highest BCUT2D eigenvalue weighted by molar-refractivity contribution is 5.77. The number of hydrogen-bond donors (Lipinski definition) is 1. The summed E-state index contributed by atoms with van der Waals surface area (Å²) >= 11 is 0. The summed E-state index contributed by atoms with van der Waals surface area (Å²) in [6, 6.07) is 9.39. The molecule has 4 unspecified atom stereocenters. The van der Waals surface area contributed by atoms with E-state index in [0.29, 0.717) is 0 Å². The number of aliphatic hydroxyl groups excluding tert-OH is 1. The molecule has 0 amide bonds. The molecule has 5 heteroatoms. The Labute approximate surface area is 97.9 Å². The van der Waals surface area contributed by atoms with Crippen LogP contribution in [0.2, 0.25) is 0 Å². The molecule has 90 valence electrons. The lowest BCUT2D eigenvalue weighted by atomic mass is 10.1. The number of aliphatic hydroxyl groups is 1. The van der Waals surface area contributed by atoms with Gasteiger partial charge in [-0.25, -0.2) is 4.79 Å². The molecule has 0 aliphatic carbocycles. The van der Waals surface area contributed by atoms with Crippen LogP contribution in [-0.4, -0.2) is 36.0 Å². The molecule has 1 aromatic carbocycles. The number of carbonyl (C=O) groups is 1. The van der Waals surface area contributed by atoms with Crippen molar-refractivity contribution in [1.29, 1.82) is 0 Å². The molecular weight excluding hydrogens is 224 g/mol. The van der Waals surface area contributed by atoms with Crippen LogP contribution in [0.3, 0.4) is 0 Å². The Bertz CT molecular complexity index is 418. The second-order valence-corrected chi connectivity index (χ2v) is 4.10. The van der Waals surface area contributed by atoms with Gasteiger partial charge >= 0.3 is 5.97 Å². The molecule has 4 atom stereocenters. The SMILES string of the molecule is O=C1OC2COC(c3ccccc3)OC2C1O. The Balaban J connectivity index is 1.78. The van der Waals surface area contributed by atoms with Gasteiger partial charge < -0.3 is 19.3 Å². The quantitative estimate of drug-likeness (QED) is 0.714. The van der Waals surface area contributed by atoms with E-state index in [1.165, 1.54) is 0 Å². The predicted octanol–water partition coefficient (Wildman–Crippen LogP) is 0.387. The molecule has 1 N–H and O–H groups in total. The molecule has 0 saturated carbocycles. The van der Waals surface area contributed by atoms with Crippen molar-refractivity contribution < 1.29 is 24.1 Å². The predicted molar refractivity (Wildman–Crippen MR) is 55.9 cm³/mol. The van der Waals surface area contributed by atoms with E-state index in [9.17, 15) is 9.90 Å². The minimum Gasteiger partial charge on any atom is -0.455 e. The van der Waals surface area contributed by atoms with Gasteiger partial charge in [-0.05, 0) is 0 Å². The van der Waals surface area contributed by atoms with E-state index in [1.54, 1.807) is 0 Å². The van der Waals surface area contributed by atoms with Gasteiger partial charge in [0, 0.05) is 5.56 Å². The zero-order valence-electron chi connectivity index (χ0n) is 8.98. The van der Waals surface area contributed by atoms with Gasteiger partial charge in [-0.2, -0.15) is 0 Å². The highest BCUT2D eigenvalue weighted by atomic mass is 16.7. The largest absolute Gasteiger partial charge is 0.455 e. The molecule has 2 saturated heterocycles. The number of carbonyl (C=O) groups excluding carboxylic acids is 1. The Morgan fingerprint density at radius 1 is 1.24 bits per heavy atom. The summed E-state index contributed by atoms with van der Waals surface area (Å²) in [5, 5.41) is 9.60. The molecule has 5 nitrogen and oxygen atoms in total. The zero-order valence-corrected chi connectivity index (χ0v) is 8.98. The van der Waals surface area contributed by atoms with E-state index in [0.717, 1.165) is 5.56 Å². The molecule has 17 heavy (non-hydrogen) atoms. The number of hydrogen-bond acceptors (Lipinski definition) is 5. The lowest BCUT2D eigenvalue weighted by Crippen LogP contribution is -2.42. The maximum absolute atomic E-state index is 11.2. The summed E-state index contributed by atoms with van der Waals surface area (Å²) in [5.74, 6) is -0.641. The van der Waals surface area contributed by atoms with Crippen molar-refractivity contribution in [2.45, 2.75) is 24.6 Å². The first-order valence-electron chi connectivity index (χ1n) is 5.46. The Morgan fingerprint density at radius 3 is 2.76 bits per heavy atom. The van der Waals surface area contributed by atoms with Crippen LogP contribution in [0.1, 0.15) is 11.9 Å². The second kappa shape index (κ2) is 4.10. The summed E-state index contributed by atoms with van der Waals surface area (Å²) < 4.78 is 15.9. The fourth-order valence-corrected chi connectivity index (χ4v) is 2.06. The first-order valence-corrected chi connectivity index (χ1v) is 5.46. The maximum atomic E-state index is 11.2. The average Bonchev–Trinajstić information content (AvgIpc) is 2.66. The van der Waals surface area contributed by atoms with Crippen LogP contribution < -0.4 is 0 Å². The molecule has 2 fully saturated rings. The van der Waals surface area contributed by atoms with Crippen molar-refractivity contribution >= 4 is 5.97 Å². The molecule has 0 spiro atoms. The fourth-order valence-electron chi connectivity index (χ4n) is 2.06. The van der Waals surface area contributed by atoms with E-state index >= 15 is 0 Å². The van der Waals surface area contributed by atoms with Crippen molar-refractivity contribution in [3.05, 3.63) is 35.9 Å². The van der Waals surface area contributed by atoms with E-state index in [4.69, 9.17) is 14.2 Å². The topological polar surface area (TPSA) is 65.0 Å². The number of rotatable bonds is 1. The molecular formula is C12H12O5. The van der Waals surface area contributed by atoms with Crippen molar-refractivity contribution in [3.8, 4) is 0 Å². The Kier molecular flexibility index (Phi) is 2.58. The summed E-state index contributed by atoms with van der Waals surface area (Å²) in [7, 11) is 0. The van der Waals surface area contributed by atoms with Crippen molar-refractivity contribution in [2.24, 2.45) is 0 Å². The van der Waals surface area contributed by atoms with Gasteiger partial charge in [0.2, 0.25) is 0 Å². The molecule has 2 aliphatic rings. The molecule has 2 aliphatic heterocycles. The third-order valence-corrected chi connectivity index (χ3v) is 2.95. The summed E-state index contributed by atoms with van der Waals surface area (Å²) in [4.78, 5) is 11.2. The van der Waals surface area contributed by atoms with Gasteiger partial charge in [-0.1, -0.05) is 30.3 Å². The highest BCUT2D eigenvalue weighted by Crippen LogP contribution is 2.32. The monoisotopic (exact) mass is 236 g/mol. The highest BCUT2D eigenvalue weighted by Gasteiger charge is 2.48. The van der Waals surface area contributed by atoms with Gasteiger partial charge in [0.15, 0.2) is 18.5 Å². The minimum atomic E-state index is -1.21. The number of esters is 1. The van der Waals surface area contributed by atoms with Crippen molar-refractivity contribution in [1.82, 2.24) is 0 Å². The lowest BCUT2D eigenvalue weighted by molar-refractivity contribution is -0.251. The third-order valence-electron chi connectivity index (χ3n) is 2.95. The standard InChI is InChI=1S/C12H12O5/c13-9-10-8(16-11(9)14)6-15-12(17-10)7-4-2-1-3-5-7/h1-5,8-10,12-13H,6H2. The summed E-state index contributed by atoms with van der Waals surface area (Å²) in [6.07, 6.45) is -2.91. The maximum Gasteiger partial charge on any atom is 0.338 e. The van der Waals surface area contributed by atoms with E-state index in [2.05, 4.69) is 0 Å². The zero-order chi connectivity index (χ0) is 11.8. The normalized spacial score (nSPS) is 36.4. The van der Waals surface area contributed by atoms with Gasteiger partial charge in [-0.3, -0.25) is 0 Å².